The summed E-state index contributed by atoms with van der Waals surface area (Å²) < 4.78 is 6.79. The van der Waals surface area contributed by atoms with Crippen LogP contribution in [0.15, 0.2) is 21.1 Å². The number of benzene rings is 1. The van der Waals surface area contributed by atoms with Gasteiger partial charge in [-0.05, 0) is 37.9 Å². The summed E-state index contributed by atoms with van der Waals surface area (Å²) in [5.41, 5.74) is 5.79. The highest BCUT2D eigenvalue weighted by molar-refractivity contribution is 9.11. The van der Waals surface area contributed by atoms with Gasteiger partial charge in [0.25, 0.3) is 0 Å². The van der Waals surface area contributed by atoms with Crippen molar-refractivity contribution >= 4 is 43.5 Å². The molecule has 1 aromatic rings. The molecule has 0 bridgehead atoms. The van der Waals surface area contributed by atoms with E-state index < -0.39 is 5.91 Å². The molecule has 1 aromatic carbocycles. The lowest BCUT2D eigenvalue weighted by Crippen LogP contribution is -2.21. The predicted octanol–water partition coefficient (Wildman–Crippen LogP) is 2.12. The van der Waals surface area contributed by atoms with Crippen LogP contribution in [0.1, 0.15) is 0 Å². The van der Waals surface area contributed by atoms with Gasteiger partial charge in [-0.25, -0.2) is 0 Å². The Kier molecular flexibility index (Phi) is 4.41. The molecule has 0 spiro atoms. The Hall–Kier alpha value is -0.750. The lowest BCUT2D eigenvalue weighted by molar-refractivity contribution is -0.116. The average Bonchev–Trinajstić information content (AvgIpc) is 2.16. The fourth-order valence-electron chi connectivity index (χ4n) is 1.00. The third kappa shape index (κ3) is 3.39. The molecule has 0 radical (unpaired) electrons. The average molecular weight is 338 g/mol. The van der Waals surface area contributed by atoms with E-state index in [0.717, 1.165) is 14.6 Å². The van der Waals surface area contributed by atoms with Crippen LogP contribution in [0.25, 0.3) is 0 Å². The van der Waals surface area contributed by atoms with E-state index in [1.165, 1.54) is 0 Å². The van der Waals surface area contributed by atoms with E-state index in [1.54, 1.807) is 13.2 Å². The van der Waals surface area contributed by atoms with E-state index in [9.17, 15) is 4.79 Å². The molecule has 0 atom stereocenters. The van der Waals surface area contributed by atoms with Gasteiger partial charge in [0, 0.05) is 10.5 Å². The van der Waals surface area contributed by atoms with Crippen molar-refractivity contribution in [3.05, 3.63) is 21.1 Å². The molecule has 0 aromatic heterocycles. The maximum Gasteiger partial charge on any atom is 0.236 e. The van der Waals surface area contributed by atoms with Crippen LogP contribution in [0, 0.1) is 0 Å². The second-order valence-electron chi connectivity index (χ2n) is 2.79. The number of hydrogen-bond acceptors (Lipinski definition) is 3. The molecule has 0 unspecified atom stereocenters. The Labute approximate surface area is 104 Å². The van der Waals surface area contributed by atoms with Gasteiger partial charge in [0.2, 0.25) is 5.91 Å². The normalized spacial score (nSPS) is 9.80. The number of nitrogens with one attached hydrogen (secondary N) is 1. The van der Waals surface area contributed by atoms with Gasteiger partial charge in [-0.3, -0.25) is 4.79 Å². The van der Waals surface area contributed by atoms with Crippen molar-refractivity contribution in [3.63, 3.8) is 0 Å². The molecule has 0 aliphatic heterocycles. The number of primary amides is 1. The molecule has 82 valence electrons. The highest BCUT2D eigenvalue weighted by atomic mass is 79.9. The van der Waals surface area contributed by atoms with Crippen LogP contribution in [-0.2, 0) is 4.79 Å². The summed E-state index contributed by atoms with van der Waals surface area (Å²) in [7, 11) is 1.58. The molecule has 0 fully saturated rings. The second-order valence-corrected chi connectivity index (χ2v) is 4.50. The van der Waals surface area contributed by atoms with Crippen LogP contribution in [-0.4, -0.2) is 19.6 Å². The summed E-state index contributed by atoms with van der Waals surface area (Å²) in [5, 5.41) is 2.89. The van der Waals surface area contributed by atoms with Gasteiger partial charge in [0.1, 0.15) is 5.75 Å². The van der Waals surface area contributed by atoms with E-state index >= 15 is 0 Å². The number of ether oxygens (including phenoxy) is 1. The quantitative estimate of drug-likeness (QED) is 0.884. The lowest BCUT2D eigenvalue weighted by atomic mass is 10.3. The first-order chi connectivity index (χ1) is 7.04. The van der Waals surface area contributed by atoms with Gasteiger partial charge >= 0.3 is 0 Å². The van der Waals surface area contributed by atoms with Gasteiger partial charge in [-0.1, -0.05) is 0 Å². The van der Waals surface area contributed by atoms with E-state index in [4.69, 9.17) is 10.5 Å². The minimum atomic E-state index is -0.413. The van der Waals surface area contributed by atoms with Gasteiger partial charge < -0.3 is 15.8 Å². The zero-order chi connectivity index (χ0) is 11.4. The Bertz CT molecular complexity index is 383. The number of amides is 1. The summed E-state index contributed by atoms with van der Waals surface area (Å²) in [6, 6.07) is 3.61. The second kappa shape index (κ2) is 5.37. The van der Waals surface area contributed by atoms with Gasteiger partial charge in [0.15, 0.2) is 0 Å². The number of halogens is 2. The molecule has 0 aliphatic carbocycles. The van der Waals surface area contributed by atoms with Crippen molar-refractivity contribution in [2.45, 2.75) is 0 Å². The highest BCUT2D eigenvalue weighted by Crippen LogP contribution is 2.34. The molecule has 0 aliphatic rings. The number of methoxy groups -OCH3 is 1. The van der Waals surface area contributed by atoms with Crippen LogP contribution in [0.4, 0.5) is 5.69 Å². The monoisotopic (exact) mass is 336 g/mol. The highest BCUT2D eigenvalue weighted by Gasteiger charge is 2.07. The third-order valence-electron chi connectivity index (χ3n) is 1.69. The molecule has 6 heteroatoms. The minimum absolute atomic E-state index is 0.0867. The van der Waals surface area contributed by atoms with Crippen molar-refractivity contribution in [2.24, 2.45) is 5.73 Å². The van der Waals surface area contributed by atoms with E-state index in [1.807, 2.05) is 6.07 Å². The van der Waals surface area contributed by atoms with Crippen LogP contribution >= 0.6 is 31.9 Å². The number of carbonyl (C=O) groups is 1. The topological polar surface area (TPSA) is 64.3 Å². The van der Waals surface area contributed by atoms with Gasteiger partial charge in [-0.2, -0.15) is 0 Å². The largest absolute Gasteiger partial charge is 0.495 e. The van der Waals surface area contributed by atoms with Crippen LogP contribution in [0.3, 0.4) is 0 Å². The molecule has 4 nitrogen and oxygen atoms in total. The van der Waals surface area contributed by atoms with Crippen LogP contribution in [0.5, 0.6) is 5.75 Å². The molecule has 0 saturated carbocycles. The number of rotatable bonds is 4. The zero-order valence-corrected chi connectivity index (χ0v) is 11.2. The first-order valence-electron chi connectivity index (χ1n) is 4.09. The van der Waals surface area contributed by atoms with Crippen molar-refractivity contribution in [2.75, 3.05) is 19.0 Å². The first-order valence-corrected chi connectivity index (χ1v) is 5.68. The zero-order valence-electron chi connectivity index (χ0n) is 8.01. The Morgan fingerprint density at radius 2 is 2.13 bits per heavy atom. The SMILES string of the molecule is COc1cc(NCC(N)=O)c(Br)cc1Br. The summed E-state index contributed by atoms with van der Waals surface area (Å²) in [4.78, 5) is 10.6. The maximum absolute atomic E-state index is 10.6. The van der Waals surface area contributed by atoms with E-state index in [0.29, 0.717) is 5.75 Å². The Morgan fingerprint density at radius 3 is 2.67 bits per heavy atom. The number of hydrogen-bond donors (Lipinski definition) is 2. The number of anilines is 1. The molecule has 1 rings (SSSR count). The number of nitrogens with two attached hydrogens (primary N) is 1. The Morgan fingerprint density at radius 1 is 1.47 bits per heavy atom. The smallest absolute Gasteiger partial charge is 0.236 e. The first kappa shape index (κ1) is 12.3. The molecule has 15 heavy (non-hydrogen) atoms. The minimum Gasteiger partial charge on any atom is -0.495 e. The van der Waals surface area contributed by atoms with Gasteiger partial charge in [0.05, 0.1) is 23.8 Å². The van der Waals surface area contributed by atoms with Crippen LogP contribution in [0.2, 0.25) is 0 Å². The number of carbonyl (C=O) groups excluding carboxylic acids is 1. The maximum atomic E-state index is 10.6. The molecular formula is C9H10Br2N2O2. The summed E-state index contributed by atoms with van der Waals surface area (Å²) >= 11 is 6.71. The molecular weight excluding hydrogens is 328 g/mol. The summed E-state index contributed by atoms with van der Waals surface area (Å²) in [6.45, 7) is 0.0867. The van der Waals surface area contributed by atoms with Gasteiger partial charge in [-0.15, -0.1) is 0 Å². The fourth-order valence-corrected chi connectivity index (χ4v) is 2.30. The van der Waals surface area contributed by atoms with Crippen molar-refractivity contribution in [1.29, 1.82) is 0 Å². The Balaban J connectivity index is 2.92. The fraction of sp³-hybridized carbons (Fsp3) is 0.222. The van der Waals surface area contributed by atoms with Crippen LogP contribution < -0.4 is 15.8 Å². The van der Waals surface area contributed by atoms with Crippen molar-refractivity contribution < 1.29 is 9.53 Å². The van der Waals surface area contributed by atoms with Crippen molar-refractivity contribution in [1.82, 2.24) is 0 Å². The molecule has 0 saturated heterocycles. The molecule has 3 N–H and O–H groups in total. The predicted molar refractivity (Wildman–Crippen MR) is 66.1 cm³/mol. The van der Waals surface area contributed by atoms with E-state index in [-0.39, 0.29) is 6.54 Å². The molecule has 0 heterocycles. The van der Waals surface area contributed by atoms with E-state index in [2.05, 4.69) is 37.2 Å². The van der Waals surface area contributed by atoms with Crippen molar-refractivity contribution in [3.8, 4) is 5.75 Å². The lowest BCUT2D eigenvalue weighted by Gasteiger charge is -2.10. The summed E-state index contributed by atoms with van der Waals surface area (Å²) in [6.07, 6.45) is 0. The third-order valence-corrected chi connectivity index (χ3v) is 2.97. The molecule has 1 amide bonds. The standard InChI is InChI=1S/C9H10Br2N2O2/c1-15-8-3-7(13-4-9(12)14)5(10)2-6(8)11/h2-3,13H,4H2,1H3,(H2,12,14). The summed E-state index contributed by atoms with van der Waals surface area (Å²) in [5.74, 6) is 0.272.